The number of carbonyl (C=O) groups is 1. The van der Waals surface area contributed by atoms with Crippen molar-refractivity contribution < 1.29 is 27.8 Å². The molecule has 9 heteroatoms. The summed E-state index contributed by atoms with van der Waals surface area (Å²) in [6, 6.07) is 5.57. The third-order valence-electron chi connectivity index (χ3n) is 5.36. The summed E-state index contributed by atoms with van der Waals surface area (Å²) < 4.78 is 35.5. The second kappa shape index (κ2) is 6.71. The molecule has 0 spiro atoms. The van der Waals surface area contributed by atoms with E-state index in [1.807, 2.05) is 12.1 Å². The lowest BCUT2D eigenvalue weighted by Gasteiger charge is -2.25. The van der Waals surface area contributed by atoms with Gasteiger partial charge in [0.05, 0.1) is 25.9 Å². The van der Waals surface area contributed by atoms with Crippen LogP contribution < -0.4 is 9.47 Å². The monoisotopic (exact) mass is 384 g/mol. The number of likely N-dealkylation sites (tertiary alicyclic amines) is 1. The average Bonchev–Trinajstić information content (AvgIpc) is 3.09. The van der Waals surface area contributed by atoms with Gasteiger partial charge in [0.15, 0.2) is 0 Å². The van der Waals surface area contributed by atoms with Crippen molar-refractivity contribution in [1.82, 2.24) is 9.21 Å². The van der Waals surface area contributed by atoms with Crippen LogP contribution in [0.3, 0.4) is 0 Å². The van der Waals surface area contributed by atoms with Gasteiger partial charge in [0.1, 0.15) is 11.5 Å². The summed E-state index contributed by atoms with van der Waals surface area (Å²) in [6.45, 7) is 1.70. The molecular formula is C17H24N2O6S. The topological polar surface area (TPSA) is 96.4 Å². The first kappa shape index (κ1) is 18.9. The normalized spacial score (nSPS) is 26.7. The van der Waals surface area contributed by atoms with Crippen LogP contribution in [0.5, 0.6) is 11.5 Å². The van der Waals surface area contributed by atoms with Gasteiger partial charge in [-0.25, -0.2) is 12.7 Å². The number of sulfonamides is 1. The van der Waals surface area contributed by atoms with Gasteiger partial charge in [0.25, 0.3) is 0 Å². The van der Waals surface area contributed by atoms with Gasteiger partial charge in [-0.05, 0) is 17.7 Å². The van der Waals surface area contributed by atoms with Crippen LogP contribution in [0.4, 0.5) is 0 Å². The number of rotatable bonds is 6. The quantitative estimate of drug-likeness (QED) is 0.762. The molecule has 0 saturated carbocycles. The molecule has 2 aliphatic heterocycles. The Kier molecular flexibility index (Phi) is 4.89. The zero-order valence-corrected chi connectivity index (χ0v) is 16.0. The van der Waals surface area contributed by atoms with E-state index in [-0.39, 0.29) is 19.0 Å². The van der Waals surface area contributed by atoms with Gasteiger partial charge in [-0.3, -0.25) is 9.69 Å². The number of hydrogen-bond donors (Lipinski definition) is 1. The molecule has 0 radical (unpaired) electrons. The standard InChI is InChI=1S/C17H24N2O6S/c1-24-14-4-12(5-15(6-14)25-2)7-18-8-13-9-19(26(3,22)23)11-17(13,10-18)16(20)21/h4-6,13H,7-11H2,1-3H3,(H,20,21)/t13?,17-/m1/s1. The molecule has 2 fully saturated rings. The highest BCUT2D eigenvalue weighted by Crippen LogP contribution is 2.44. The number of benzene rings is 1. The lowest BCUT2D eigenvalue weighted by Crippen LogP contribution is -2.41. The van der Waals surface area contributed by atoms with Crippen LogP contribution in [0.1, 0.15) is 5.56 Å². The molecule has 0 amide bonds. The maximum atomic E-state index is 12.0. The molecule has 1 aromatic carbocycles. The Labute approximate surface area is 153 Å². The number of carboxylic acids is 1. The minimum absolute atomic E-state index is 0.0315. The molecule has 0 aliphatic carbocycles. The summed E-state index contributed by atoms with van der Waals surface area (Å²) in [6.07, 6.45) is 1.13. The van der Waals surface area contributed by atoms with E-state index in [4.69, 9.17) is 9.47 Å². The van der Waals surface area contributed by atoms with Crippen LogP contribution in [-0.2, 0) is 21.4 Å². The lowest BCUT2D eigenvalue weighted by molar-refractivity contribution is -0.148. The Bertz CT molecular complexity index is 789. The second-order valence-electron chi connectivity index (χ2n) is 7.10. The van der Waals surface area contributed by atoms with Crippen molar-refractivity contribution in [2.24, 2.45) is 11.3 Å². The molecule has 2 atom stereocenters. The first-order chi connectivity index (χ1) is 12.2. The van der Waals surface area contributed by atoms with E-state index < -0.39 is 21.4 Å². The third kappa shape index (κ3) is 3.38. The highest BCUT2D eigenvalue weighted by molar-refractivity contribution is 7.88. The van der Waals surface area contributed by atoms with E-state index in [9.17, 15) is 18.3 Å². The summed E-state index contributed by atoms with van der Waals surface area (Å²) in [4.78, 5) is 14.1. The van der Waals surface area contributed by atoms with E-state index in [0.717, 1.165) is 11.8 Å². The molecular weight excluding hydrogens is 360 g/mol. The van der Waals surface area contributed by atoms with Gasteiger partial charge in [-0.1, -0.05) is 0 Å². The van der Waals surface area contributed by atoms with E-state index in [0.29, 0.717) is 31.1 Å². The van der Waals surface area contributed by atoms with Crippen LogP contribution in [0.25, 0.3) is 0 Å². The van der Waals surface area contributed by atoms with Crippen LogP contribution in [0.15, 0.2) is 18.2 Å². The molecule has 3 rings (SSSR count). The van der Waals surface area contributed by atoms with Crippen molar-refractivity contribution in [3.63, 3.8) is 0 Å². The Morgan fingerprint density at radius 1 is 1.19 bits per heavy atom. The smallest absolute Gasteiger partial charge is 0.312 e. The average molecular weight is 384 g/mol. The summed E-state index contributed by atoms with van der Waals surface area (Å²) in [5.74, 6) is 0.200. The van der Waals surface area contributed by atoms with Crippen molar-refractivity contribution in [1.29, 1.82) is 0 Å². The van der Waals surface area contributed by atoms with Gasteiger partial charge in [-0.15, -0.1) is 0 Å². The molecule has 0 bridgehead atoms. The van der Waals surface area contributed by atoms with Crippen molar-refractivity contribution in [2.75, 3.05) is 46.7 Å². The highest BCUT2D eigenvalue weighted by Gasteiger charge is 2.59. The Morgan fingerprint density at radius 2 is 1.81 bits per heavy atom. The maximum Gasteiger partial charge on any atom is 0.312 e. The van der Waals surface area contributed by atoms with Crippen LogP contribution in [-0.4, -0.2) is 75.4 Å². The van der Waals surface area contributed by atoms with E-state index in [1.54, 1.807) is 20.3 Å². The minimum atomic E-state index is -3.39. The fourth-order valence-corrected chi connectivity index (χ4v) is 4.93. The molecule has 2 heterocycles. The Morgan fingerprint density at radius 3 is 2.27 bits per heavy atom. The van der Waals surface area contributed by atoms with Crippen molar-refractivity contribution in [2.45, 2.75) is 6.54 Å². The van der Waals surface area contributed by atoms with Crippen LogP contribution >= 0.6 is 0 Å². The molecule has 1 aromatic rings. The first-order valence-electron chi connectivity index (χ1n) is 8.31. The second-order valence-corrected chi connectivity index (χ2v) is 9.09. The molecule has 144 valence electrons. The molecule has 1 N–H and O–H groups in total. The molecule has 1 unspecified atom stereocenters. The number of nitrogens with zero attached hydrogens (tertiary/aromatic N) is 2. The van der Waals surface area contributed by atoms with E-state index in [1.165, 1.54) is 4.31 Å². The summed E-state index contributed by atoms with van der Waals surface area (Å²) in [5.41, 5.74) is -0.0897. The summed E-state index contributed by atoms with van der Waals surface area (Å²) in [7, 11) is -0.229. The van der Waals surface area contributed by atoms with Crippen molar-refractivity contribution in [3.8, 4) is 11.5 Å². The number of methoxy groups -OCH3 is 2. The predicted octanol–water partition coefficient (Wildman–Crippen LogP) is 0.482. The largest absolute Gasteiger partial charge is 0.497 e. The zero-order valence-electron chi connectivity index (χ0n) is 15.1. The minimum Gasteiger partial charge on any atom is -0.497 e. The molecule has 2 saturated heterocycles. The highest BCUT2D eigenvalue weighted by atomic mass is 32.2. The molecule has 0 aromatic heterocycles. The van der Waals surface area contributed by atoms with Crippen LogP contribution in [0.2, 0.25) is 0 Å². The van der Waals surface area contributed by atoms with Gasteiger partial charge < -0.3 is 14.6 Å². The predicted molar refractivity (Wildman–Crippen MR) is 94.8 cm³/mol. The van der Waals surface area contributed by atoms with Gasteiger partial charge >= 0.3 is 5.97 Å². The number of hydrogen-bond acceptors (Lipinski definition) is 6. The van der Waals surface area contributed by atoms with Crippen molar-refractivity contribution >= 4 is 16.0 Å². The fourth-order valence-electron chi connectivity index (χ4n) is 4.01. The maximum absolute atomic E-state index is 12.0. The number of aliphatic carboxylic acids is 1. The zero-order chi connectivity index (χ0) is 19.1. The number of carboxylic acid groups (broad SMARTS) is 1. The summed E-state index contributed by atoms with van der Waals surface area (Å²) >= 11 is 0. The van der Waals surface area contributed by atoms with Crippen molar-refractivity contribution in [3.05, 3.63) is 23.8 Å². The molecule has 2 aliphatic rings. The first-order valence-corrected chi connectivity index (χ1v) is 10.2. The Hall–Kier alpha value is -1.84. The lowest BCUT2D eigenvalue weighted by atomic mass is 9.81. The molecule has 26 heavy (non-hydrogen) atoms. The van der Waals surface area contributed by atoms with Gasteiger partial charge in [0.2, 0.25) is 10.0 Å². The number of fused-ring (bicyclic) bond motifs is 1. The SMILES string of the molecule is COc1cc(CN2CC3CN(S(C)(=O)=O)C[C@]3(C(=O)O)C2)cc(OC)c1. The fraction of sp³-hybridized carbons (Fsp3) is 0.588. The third-order valence-corrected chi connectivity index (χ3v) is 6.58. The van der Waals surface area contributed by atoms with Gasteiger partial charge in [0, 0.05) is 44.7 Å². The molecule has 8 nitrogen and oxygen atoms in total. The number of ether oxygens (including phenoxy) is 2. The van der Waals surface area contributed by atoms with Crippen LogP contribution in [0, 0.1) is 11.3 Å². The van der Waals surface area contributed by atoms with Gasteiger partial charge in [-0.2, -0.15) is 0 Å². The summed E-state index contributed by atoms with van der Waals surface area (Å²) in [5, 5.41) is 9.82. The van der Waals surface area contributed by atoms with E-state index in [2.05, 4.69) is 4.90 Å². The van der Waals surface area contributed by atoms with E-state index >= 15 is 0 Å². The Balaban J connectivity index is 1.79.